The van der Waals surface area contributed by atoms with Crippen LogP contribution in [0.5, 0.6) is 11.5 Å². The highest BCUT2D eigenvalue weighted by Crippen LogP contribution is 2.30. The van der Waals surface area contributed by atoms with Gasteiger partial charge in [-0.05, 0) is 36.2 Å². The predicted molar refractivity (Wildman–Crippen MR) is 125 cm³/mol. The van der Waals surface area contributed by atoms with Crippen molar-refractivity contribution in [3.05, 3.63) is 54.1 Å². The lowest BCUT2D eigenvalue weighted by atomic mass is 10.2. The number of aliphatic imine (C=N–C) groups is 1. The lowest BCUT2D eigenvalue weighted by Crippen LogP contribution is -2.44. The number of halogens is 1. The van der Waals surface area contributed by atoms with Crippen LogP contribution >= 0.6 is 24.0 Å². The average molecular weight is 496 g/mol. The van der Waals surface area contributed by atoms with Crippen molar-refractivity contribution in [1.29, 1.82) is 0 Å². The summed E-state index contributed by atoms with van der Waals surface area (Å²) >= 11 is 0. The highest BCUT2D eigenvalue weighted by molar-refractivity contribution is 14.0. The van der Waals surface area contributed by atoms with E-state index in [-0.39, 0.29) is 24.0 Å². The number of benzene rings is 2. The Kier molecular flexibility index (Phi) is 8.69. The number of methoxy groups -OCH3 is 2. The molecule has 0 spiro atoms. The van der Waals surface area contributed by atoms with E-state index in [0.29, 0.717) is 12.6 Å². The van der Waals surface area contributed by atoms with Gasteiger partial charge in [-0.2, -0.15) is 0 Å². The fourth-order valence-electron chi connectivity index (χ4n) is 3.31. The molecule has 3 rings (SSSR count). The number of rotatable bonds is 6. The van der Waals surface area contributed by atoms with E-state index in [4.69, 9.17) is 9.47 Å². The Hall–Kier alpha value is -2.16. The Morgan fingerprint density at radius 1 is 1.11 bits per heavy atom. The molecule has 1 fully saturated rings. The van der Waals surface area contributed by atoms with Crippen LogP contribution in [0.2, 0.25) is 0 Å². The van der Waals surface area contributed by atoms with Gasteiger partial charge in [-0.1, -0.05) is 24.3 Å². The van der Waals surface area contributed by atoms with Crippen molar-refractivity contribution in [2.24, 2.45) is 4.99 Å². The fourth-order valence-corrected chi connectivity index (χ4v) is 3.31. The quantitative estimate of drug-likeness (QED) is 0.366. The Bertz CT molecular complexity index is 767. The molecule has 1 aliphatic heterocycles. The number of ether oxygens (including phenoxy) is 2. The first-order valence-electron chi connectivity index (χ1n) is 9.21. The molecule has 1 aliphatic rings. The van der Waals surface area contributed by atoms with Crippen LogP contribution in [0.15, 0.2) is 53.5 Å². The molecule has 28 heavy (non-hydrogen) atoms. The largest absolute Gasteiger partial charge is 0.497 e. The molecule has 2 N–H and O–H groups in total. The Morgan fingerprint density at radius 2 is 1.86 bits per heavy atom. The van der Waals surface area contributed by atoms with E-state index >= 15 is 0 Å². The molecule has 1 heterocycles. The van der Waals surface area contributed by atoms with Crippen LogP contribution in [-0.4, -0.2) is 46.4 Å². The fraction of sp³-hybridized carbons (Fsp3) is 0.381. The molecule has 1 unspecified atom stereocenters. The van der Waals surface area contributed by atoms with Crippen LogP contribution in [0.1, 0.15) is 12.0 Å². The summed E-state index contributed by atoms with van der Waals surface area (Å²) in [7, 11) is 5.20. The van der Waals surface area contributed by atoms with Crippen LogP contribution in [0.3, 0.4) is 0 Å². The van der Waals surface area contributed by atoms with Crippen molar-refractivity contribution < 1.29 is 9.47 Å². The summed E-state index contributed by atoms with van der Waals surface area (Å²) < 4.78 is 10.7. The molecule has 152 valence electrons. The Morgan fingerprint density at radius 3 is 2.54 bits per heavy atom. The minimum atomic E-state index is 0. The third-order valence-electron chi connectivity index (χ3n) is 4.80. The molecule has 1 saturated heterocycles. The predicted octanol–water partition coefficient (Wildman–Crippen LogP) is 3.27. The highest BCUT2D eigenvalue weighted by atomic mass is 127. The molecule has 1 atom stereocenters. The minimum absolute atomic E-state index is 0. The third-order valence-corrected chi connectivity index (χ3v) is 4.80. The maximum Gasteiger partial charge on any atom is 0.191 e. The first-order chi connectivity index (χ1) is 13.2. The van der Waals surface area contributed by atoms with Crippen molar-refractivity contribution in [3.8, 4) is 11.5 Å². The summed E-state index contributed by atoms with van der Waals surface area (Å²) in [4.78, 5) is 6.71. The number of hydrogen-bond acceptors (Lipinski definition) is 4. The Labute approximate surface area is 184 Å². The number of para-hydroxylation sites is 2. The zero-order chi connectivity index (χ0) is 19.1. The van der Waals surface area contributed by atoms with Gasteiger partial charge in [-0.3, -0.25) is 4.99 Å². The zero-order valence-electron chi connectivity index (χ0n) is 16.6. The molecule has 0 aliphatic carbocycles. The smallest absolute Gasteiger partial charge is 0.191 e. The second-order valence-electron chi connectivity index (χ2n) is 6.52. The van der Waals surface area contributed by atoms with Gasteiger partial charge in [0.25, 0.3) is 0 Å². The molecule has 6 nitrogen and oxygen atoms in total. The average Bonchev–Trinajstić information content (AvgIpc) is 3.19. The maximum absolute atomic E-state index is 5.49. The number of guanidine groups is 1. The van der Waals surface area contributed by atoms with E-state index in [1.807, 2.05) is 30.3 Å². The first-order valence-corrected chi connectivity index (χ1v) is 9.21. The first kappa shape index (κ1) is 22.1. The molecular formula is C21H29IN4O2. The van der Waals surface area contributed by atoms with Gasteiger partial charge in [0.05, 0.1) is 19.9 Å². The van der Waals surface area contributed by atoms with Crippen LogP contribution in [-0.2, 0) is 6.54 Å². The monoisotopic (exact) mass is 496 g/mol. The summed E-state index contributed by atoms with van der Waals surface area (Å²) in [6, 6.07) is 16.5. The summed E-state index contributed by atoms with van der Waals surface area (Å²) in [6.45, 7) is 2.63. The summed E-state index contributed by atoms with van der Waals surface area (Å²) in [5, 5.41) is 6.91. The number of nitrogens with one attached hydrogen (secondary N) is 2. The molecule has 2 aromatic rings. The SMILES string of the molecule is CN=C(NCc1ccc(OC)cc1)NC1CCN(c2ccccc2OC)C1.I. The van der Waals surface area contributed by atoms with Crippen LogP contribution in [0, 0.1) is 0 Å². The van der Waals surface area contributed by atoms with Gasteiger partial charge in [0, 0.05) is 32.7 Å². The third kappa shape index (κ3) is 5.67. The van der Waals surface area contributed by atoms with E-state index in [1.165, 1.54) is 5.56 Å². The van der Waals surface area contributed by atoms with Crippen LogP contribution in [0.25, 0.3) is 0 Å². The number of anilines is 1. The van der Waals surface area contributed by atoms with E-state index < -0.39 is 0 Å². The van der Waals surface area contributed by atoms with Gasteiger partial charge >= 0.3 is 0 Å². The van der Waals surface area contributed by atoms with Crippen LogP contribution in [0.4, 0.5) is 5.69 Å². The molecule has 0 amide bonds. The van der Waals surface area contributed by atoms with E-state index in [0.717, 1.165) is 42.7 Å². The highest BCUT2D eigenvalue weighted by Gasteiger charge is 2.25. The lowest BCUT2D eigenvalue weighted by molar-refractivity contribution is 0.414. The van der Waals surface area contributed by atoms with Gasteiger partial charge in [-0.25, -0.2) is 0 Å². The topological polar surface area (TPSA) is 58.1 Å². The Balaban J connectivity index is 0.00000280. The second-order valence-corrected chi connectivity index (χ2v) is 6.52. The standard InChI is InChI=1S/C21H28N4O2.HI/c1-22-21(23-14-16-8-10-18(26-2)11-9-16)24-17-12-13-25(15-17)19-6-4-5-7-20(19)27-3;/h4-11,17H,12-15H2,1-3H3,(H2,22,23,24);1H. The summed E-state index contributed by atoms with van der Waals surface area (Å²) in [5.41, 5.74) is 2.33. The number of hydrogen-bond donors (Lipinski definition) is 2. The molecule has 0 aromatic heterocycles. The molecule has 0 radical (unpaired) electrons. The summed E-state index contributed by atoms with van der Waals surface area (Å²) in [6.07, 6.45) is 1.06. The van der Waals surface area contributed by atoms with Gasteiger partial charge < -0.3 is 25.0 Å². The number of nitrogens with zero attached hydrogens (tertiary/aromatic N) is 2. The molecule has 2 aromatic carbocycles. The van der Waals surface area contributed by atoms with E-state index in [1.54, 1.807) is 21.3 Å². The van der Waals surface area contributed by atoms with Gasteiger partial charge in [0.1, 0.15) is 11.5 Å². The molecular weight excluding hydrogens is 467 g/mol. The van der Waals surface area contributed by atoms with Crippen molar-refractivity contribution in [2.75, 3.05) is 39.3 Å². The second kappa shape index (κ2) is 11.0. The van der Waals surface area contributed by atoms with Crippen molar-refractivity contribution in [2.45, 2.75) is 19.0 Å². The van der Waals surface area contributed by atoms with Gasteiger partial charge in [0.15, 0.2) is 5.96 Å². The van der Waals surface area contributed by atoms with Crippen LogP contribution < -0.4 is 25.0 Å². The summed E-state index contributed by atoms with van der Waals surface area (Å²) in [5.74, 6) is 2.60. The van der Waals surface area contributed by atoms with Gasteiger partial charge in [-0.15, -0.1) is 24.0 Å². The van der Waals surface area contributed by atoms with E-state index in [9.17, 15) is 0 Å². The van der Waals surface area contributed by atoms with Gasteiger partial charge in [0.2, 0.25) is 0 Å². The van der Waals surface area contributed by atoms with Crippen molar-refractivity contribution in [1.82, 2.24) is 10.6 Å². The molecule has 7 heteroatoms. The van der Waals surface area contributed by atoms with E-state index in [2.05, 4.69) is 38.7 Å². The minimum Gasteiger partial charge on any atom is -0.497 e. The zero-order valence-corrected chi connectivity index (χ0v) is 19.0. The normalized spacial score (nSPS) is 16.3. The maximum atomic E-state index is 5.49. The van der Waals surface area contributed by atoms with Crippen molar-refractivity contribution in [3.63, 3.8) is 0 Å². The lowest BCUT2D eigenvalue weighted by Gasteiger charge is -2.22. The van der Waals surface area contributed by atoms with Crippen molar-refractivity contribution >= 4 is 35.6 Å². The molecule has 0 bridgehead atoms. The molecule has 0 saturated carbocycles.